The van der Waals surface area contributed by atoms with Crippen molar-refractivity contribution >= 4 is 12.4 Å². The molecular formula is C16H16N2O3. The molecule has 0 fully saturated rings. The second-order valence-corrected chi connectivity index (χ2v) is 4.31. The van der Waals surface area contributed by atoms with Crippen molar-refractivity contribution < 1.29 is 14.3 Å². The molecule has 0 spiro atoms. The Morgan fingerprint density at radius 3 is 2.67 bits per heavy atom. The second-order valence-electron chi connectivity index (χ2n) is 4.31. The van der Waals surface area contributed by atoms with Crippen molar-refractivity contribution in [2.45, 2.75) is 13.5 Å². The van der Waals surface area contributed by atoms with Crippen LogP contribution < -0.4 is 5.32 Å². The molecule has 1 aromatic carbocycles. The molecule has 2 aromatic rings. The molecule has 0 unspecified atom stereocenters. The minimum Gasteiger partial charge on any atom is -0.462 e. The van der Waals surface area contributed by atoms with Gasteiger partial charge in [0.2, 0.25) is 6.41 Å². The highest BCUT2D eigenvalue weighted by atomic mass is 16.5. The Hall–Kier alpha value is -2.69. The molecule has 108 valence electrons. The molecule has 0 saturated carbocycles. The van der Waals surface area contributed by atoms with Crippen LogP contribution in [0.15, 0.2) is 42.5 Å². The van der Waals surface area contributed by atoms with Crippen LogP contribution in [0.4, 0.5) is 0 Å². The van der Waals surface area contributed by atoms with Crippen molar-refractivity contribution in [3.05, 3.63) is 53.7 Å². The van der Waals surface area contributed by atoms with Crippen molar-refractivity contribution in [2.24, 2.45) is 0 Å². The predicted octanol–water partition coefficient (Wildman–Crippen LogP) is 2.17. The molecule has 0 aliphatic carbocycles. The fourth-order valence-corrected chi connectivity index (χ4v) is 1.88. The highest BCUT2D eigenvalue weighted by Gasteiger charge is 2.07. The Bertz CT molecular complexity index is 624. The summed E-state index contributed by atoms with van der Waals surface area (Å²) in [5.41, 5.74) is 2.97. The van der Waals surface area contributed by atoms with Crippen LogP contribution in [0, 0.1) is 0 Å². The lowest BCUT2D eigenvalue weighted by atomic mass is 10.1. The molecule has 1 N–H and O–H groups in total. The van der Waals surface area contributed by atoms with E-state index in [1.807, 2.05) is 30.3 Å². The maximum absolute atomic E-state index is 11.6. The Labute approximate surface area is 123 Å². The monoisotopic (exact) mass is 284 g/mol. The number of aromatic nitrogens is 1. The first-order chi connectivity index (χ1) is 10.2. The van der Waals surface area contributed by atoms with Crippen LogP contribution in [0.2, 0.25) is 0 Å². The number of rotatable bonds is 6. The van der Waals surface area contributed by atoms with Crippen molar-refractivity contribution in [3.63, 3.8) is 0 Å². The molecule has 0 radical (unpaired) electrons. The van der Waals surface area contributed by atoms with Gasteiger partial charge < -0.3 is 10.1 Å². The SMILES string of the molecule is CCOC(=O)c1ccc(-c2cccc(CNC=O)n2)cc1. The number of carbonyl (C=O) groups is 2. The highest BCUT2D eigenvalue weighted by molar-refractivity contribution is 5.89. The number of esters is 1. The number of hydrogen-bond acceptors (Lipinski definition) is 4. The van der Waals surface area contributed by atoms with Gasteiger partial charge in [-0.15, -0.1) is 0 Å². The number of benzene rings is 1. The second kappa shape index (κ2) is 7.19. The third-order valence-corrected chi connectivity index (χ3v) is 2.87. The first kappa shape index (κ1) is 14.7. The van der Waals surface area contributed by atoms with Gasteiger partial charge in [-0.05, 0) is 31.2 Å². The quantitative estimate of drug-likeness (QED) is 0.652. The van der Waals surface area contributed by atoms with Crippen LogP contribution in [-0.2, 0) is 16.1 Å². The highest BCUT2D eigenvalue weighted by Crippen LogP contribution is 2.18. The van der Waals surface area contributed by atoms with Gasteiger partial charge in [-0.1, -0.05) is 18.2 Å². The molecule has 0 aliphatic rings. The van der Waals surface area contributed by atoms with Crippen LogP contribution in [0.3, 0.4) is 0 Å². The average molecular weight is 284 g/mol. The summed E-state index contributed by atoms with van der Waals surface area (Å²) < 4.78 is 4.94. The molecule has 21 heavy (non-hydrogen) atoms. The standard InChI is InChI=1S/C16H16N2O3/c1-2-21-16(20)13-8-6-12(7-9-13)15-5-3-4-14(18-15)10-17-11-19/h3-9,11H,2,10H2,1H3,(H,17,19). The number of ether oxygens (including phenoxy) is 1. The van der Waals surface area contributed by atoms with Gasteiger partial charge >= 0.3 is 5.97 Å². The van der Waals surface area contributed by atoms with E-state index in [0.717, 1.165) is 17.0 Å². The van der Waals surface area contributed by atoms with Crippen molar-refractivity contribution in [3.8, 4) is 11.3 Å². The van der Waals surface area contributed by atoms with Crippen molar-refractivity contribution in [2.75, 3.05) is 6.61 Å². The van der Waals surface area contributed by atoms with E-state index in [0.29, 0.717) is 25.1 Å². The summed E-state index contributed by atoms with van der Waals surface area (Å²) in [4.78, 5) is 26.3. The Morgan fingerprint density at radius 2 is 2.00 bits per heavy atom. The Kier molecular flexibility index (Phi) is 5.04. The summed E-state index contributed by atoms with van der Waals surface area (Å²) in [6.45, 7) is 2.52. The molecule has 0 bridgehead atoms. The predicted molar refractivity (Wildman–Crippen MR) is 78.5 cm³/mol. The zero-order valence-corrected chi connectivity index (χ0v) is 11.7. The zero-order valence-electron chi connectivity index (χ0n) is 11.7. The number of nitrogens with one attached hydrogen (secondary N) is 1. The maximum Gasteiger partial charge on any atom is 0.338 e. The van der Waals surface area contributed by atoms with Gasteiger partial charge in [0.15, 0.2) is 0 Å². The van der Waals surface area contributed by atoms with Gasteiger partial charge in [0.25, 0.3) is 0 Å². The van der Waals surface area contributed by atoms with E-state index in [9.17, 15) is 9.59 Å². The number of hydrogen-bond donors (Lipinski definition) is 1. The lowest BCUT2D eigenvalue weighted by molar-refractivity contribution is -0.109. The summed E-state index contributed by atoms with van der Waals surface area (Å²) in [7, 11) is 0. The molecule has 2 rings (SSSR count). The zero-order chi connectivity index (χ0) is 15.1. The lowest BCUT2D eigenvalue weighted by Gasteiger charge is -2.06. The van der Waals surface area contributed by atoms with E-state index < -0.39 is 0 Å². The summed E-state index contributed by atoms with van der Waals surface area (Å²) in [5, 5.41) is 2.58. The van der Waals surface area contributed by atoms with Crippen molar-refractivity contribution in [1.29, 1.82) is 0 Å². The minimum atomic E-state index is -0.332. The van der Waals surface area contributed by atoms with Gasteiger partial charge in [-0.25, -0.2) is 4.79 Å². The van der Waals surface area contributed by atoms with Gasteiger partial charge in [-0.3, -0.25) is 9.78 Å². The van der Waals surface area contributed by atoms with Gasteiger partial charge in [-0.2, -0.15) is 0 Å². The van der Waals surface area contributed by atoms with Gasteiger partial charge in [0.05, 0.1) is 30.1 Å². The van der Waals surface area contributed by atoms with Gasteiger partial charge in [0, 0.05) is 5.56 Å². The summed E-state index contributed by atoms with van der Waals surface area (Å²) in [6, 6.07) is 12.7. The van der Waals surface area contributed by atoms with Crippen molar-refractivity contribution in [1.82, 2.24) is 10.3 Å². The fourth-order valence-electron chi connectivity index (χ4n) is 1.88. The summed E-state index contributed by atoms with van der Waals surface area (Å²) >= 11 is 0. The van der Waals surface area contributed by atoms with E-state index in [4.69, 9.17) is 4.74 Å². The lowest BCUT2D eigenvalue weighted by Crippen LogP contribution is -2.11. The van der Waals surface area contributed by atoms with E-state index >= 15 is 0 Å². The molecule has 1 aromatic heterocycles. The van der Waals surface area contributed by atoms with E-state index in [2.05, 4.69) is 10.3 Å². The summed E-state index contributed by atoms with van der Waals surface area (Å²) in [6.07, 6.45) is 0.641. The first-order valence-electron chi connectivity index (χ1n) is 6.65. The molecule has 1 amide bonds. The molecule has 5 heteroatoms. The average Bonchev–Trinajstić information content (AvgIpc) is 2.53. The summed E-state index contributed by atoms with van der Waals surface area (Å²) in [5.74, 6) is -0.332. The van der Waals surface area contributed by atoms with Crippen LogP contribution in [0.5, 0.6) is 0 Å². The topological polar surface area (TPSA) is 68.3 Å². The fraction of sp³-hybridized carbons (Fsp3) is 0.188. The number of amides is 1. The van der Waals surface area contributed by atoms with Crippen LogP contribution in [0.1, 0.15) is 23.0 Å². The number of carbonyl (C=O) groups excluding carboxylic acids is 2. The van der Waals surface area contributed by atoms with E-state index in [1.54, 1.807) is 19.1 Å². The molecule has 5 nitrogen and oxygen atoms in total. The number of nitrogens with zero attached hydrogens (tertiary/aromatic N) is 1. The van der Waals surface area contributed by atoms with Crippen LogP contribution in [-0.4, -0.2) is 24.0 Å². The maximum atomic E-state index is 11.6. The molecule has 0 atom stereocenters. The van der Waals surface area contributed by atoms with Crippen LogP contribution in [0.25, 0.3) is 11.3 Å². The smallest absolute Gasteiger partial charge is 0.338 e. The third-order valence-electron chi connectivity index (χ3n) is 2.87. The number of pyridine rings is 1. The molecule has 0 saturated heterocycles. The van der Waals surface area contributed by atoms with Crippen LogP contribution >= 0.6 is 0 Å². The molecule has 1 heterocycles. The third kappa shape index (κ3) is 3.89. The largest absolute Gasteiger partial charge is 0.462 e. The minimum absolute atomic E-state index is 0.332. The van der Waals surface area contributed by atoms with E-state index in [-0.39, 0.29) is 5.97 Å². The normalized spacial score (nSPS) is 9.95. The first-order valence-corrected chi connectivity index (χ1v) is 6.65. The van der Waals surface area contributed by atoms with E-state index in [1.165, 1.54) is 0 Å². The molecule has 0 aliphatic heterocycles. The Balaban J connectivity index is 2.18. The Morgan fingerprint density at radius 1 is 1.24 bits per heavy atom. The molecular weight excluding hydrogens is 268 g/mol. The van der Waals surface area contributed by atoms with Gasteiger partial charge in [0.1, 0.15) is 0 Å².